The first-order valence-electron chi connectivity index (χ1n) is 5.63. The Morgan fingerprint density at radius 2 is 2.44 bits per heavy atom. The number of carbonyl (C=O) groups excluding carboxylic acids is 1. The van der Waals surface area contributed by atoms with Gasteiger partial charge in [-0.2, -0.15) is 0 Å². The summed E-state index contributed by atoms with van der Waals surface area (Å²) in [6.07, 6.45) is 5.35. The van der Waals surface area contributed by atoms with Crippen LogP contribution in [0.2, 0.25) is 0 Å². The molecule has 84 valence electrons. The Morgan fingerprint density at radius 1 is 1.56 bits per heavy atom. The molecule has 3 nitrogen and oxygen atoms in total. The topological polar surface area (TPSA) is 33.2 Å². The van der Waals surface area contributed by atoms with Crippen LogP contribution in [0.4, 0.5) is 0 Å². The van der Waals surface area contributed by atoms with Gasteiger partial charge in [-0.25, -0.2) is 0 Å². The predicted octanol–water partition coefficient (Wildman–Crippen LogP) is 1.97. The second kappa shape index (κ2) is 4.92. The fourth-order valence-electron chi connectivity index (χ4n) is 2.17. The summed E-state index contributed by atoms with van der Waals surface area (Å²) in [7, 11) is 0. The van der Waals surface area contributed by atoms with Crippen LogP contribution in [0.3, 0.4) is 0 Å². The Kier molecular flexibility index (Phi) is 3.34. The minimum absolute atomic E-state index is 0.0284. The molecule has 1 atom stereocenters. The van der Waals surface area contributed by atoms with Gasteiger partial charge in [0.1, 0.15) is 0 Å². The first kappa shape index (κ1) is 10.9. The fraction of sp³-hybridized carbons (Fsp3) is 0.385. The van der Waals surface area contributed by atoms with Gasteiger partial charge in [0.25, 0.3) is 0 Å². The number of pyridine rings is 1. The standard InChI is InChI=1S/C13H16N2O/c1-2-13(16)15-9-5-6-11(10-15)12-7-3-4-8-14-12/h2-4,7-8,11H,1,5-6,9-10H2. The molecule has 0 saturated carbocycles. The number of amides is 1. The Morgan fingerprint density at radius 3 is 3.12 bits per heavy atom. The van der Waals surface area contributed by atoms with E-state index in [0.29, 0.717) is 5.92 Å². The van der Waals surface area contributed by atoms with Crippen molar-refractivity contribution in [1.82, 2.24) is 9.88 Å². The molecule has 0 radical (unpaired) electrons. The van der Waals surface area contributed by atoms with E-state index in [9.17, 15) is 4.79 Å². The average Bonchev–Trinajstić information content (AvgIpc) is 2.39. The second-order valence-corrected chi connectivity index (χ2v) is 4.08. The molecular formula is C13H16N2O. The van der Waals surface area contributed by atoms with Gasteiger partial charge in [0.15, 0.2) is 0 Å². The first-order valence-corrected chi connectivity index (χ1v) is 5.63. The van der Waals surface area contributed by atoms with E-state index in [2.05, 4.69) is 11.6 Å². The molecule has 1 fully saturated rings. The zero-order valence-electron chi connectivity index (χ0n) is 9.30. The lowest BCUT2D eigenvalue weighted by molar-refractivity contribution is -0.127. The number of nitrogens with zero attached hydrogens (tertiary/aromatic N) is 2. The van der Waals surface area contributed by atoms with Gasteiger partial charge in [0, 0.05) is 30.9 Å². The normalized spacial score (nSPS) is 20.5. The van der Waals surface area contributed by atoms with Crippen molar-refractivity contribution in [3.63, 3.8) is 0 Å². The second-order valence-electron chi connectivity index (χ2n) is 4.08. The van der Waals surface area contributed by atoms with Crippen molar-refractivity contribution in [2.75, 3.05) is 13.1 Å². The third-order valence-electron chi connectivity index (χ3n) is 3.01. The molecule has 2 heterocycles. The Hall–Kier alpha value is -1.64. The van der Waals surface area contributed by atoms with Crippen LogP contribution in [-0.4, -0.2) is 28.9 Å². The van der Waals surface area contributed by atoms with Crippen LogP contribution in [0.1, 0.15) is 24.5 Å². The monoisotopic (exact) mass is 216 g/mol. The smallest absolute Gasteiger partial charge is 0.245 e. The molecule has 0 aliphatic carbocycles. The molecule has 1 aromatic heterocycles. The predicted molar refractivity (Wildman–Crippen MR) is 63.0 cm³/mol. The van der Waals surface area contributed by atoms with Gasteiger partial charge >= 0.3 is 0 Å². The van der Waals surface area contributed by atoms with Crippen LogP contribution >= 0.6 is 0 Å². The molecule has 16 heavy (non-hydrogen) atoms. The van der Waals surface area contributed by atoms with Crippen molar-refractivity contribution in [1.29, 1.82) is 0 Å². The summed E-state index contributed by atoms with van der Waals surface area (Å²) in [6.45, 7) is 5.13. The molecule has 1 aromatic rings. The summed E-state index contributed by atoms with van der Waals surface area (Å²) in [5, 5.41) is 0. The molecule has 0 bridgehead atoms. The molecule has 3 heteroatoms. The molecule has 1 unspecified atom stereocenters. The van der Waals surface area contributed by atoms with Gasteiger partial charge in [-0.15, -0.1) is 0 Å². The van der Waals surface area contributed by atoms with Crippen LogP contribution < -0.4 is 0 Å². The van der Waals surface area contributed by atoms with Gasteiger partial charge in [-0.3, -0.25) is 9.78 Å². The molecule has 0 N–H and O–H groups in total. The molecule has 1 saturated heterocycles. The molecular weight excluding hydrogens is 200 g/mol. The summed E-state index contributed by atoms with van der Waals surface area (Å²) in [6, 6.07) is 5.95. The van der Waals surface area contributed by atoms with E-state index in [1.807, 2.05) is 29.3 Å². The van der Waals surface area contributed by atoms with Crippen molar-refractivity contribution in [2.24, 2.45) is 0 Å². The molecule has 1 aliphatic heterocycles. The van der Waals surface area contributed by atoms with Gasteiger partial charge in [-0.1, -0.05) is 12.6 Å². The van der Waals surface area contributed by atoms with Gasteiger partial charge in [-0.05, 0) is 31.1 Å². The Bertz CT molecular complexity index is 375. The van der Waals surface area contributed by atoms with Gasteiger partial charge in [0.05, 0.1) is 0 Å². The van der Waals surface area contributed by atoms with E-state index < -0.39 is 0 Å². The number of hydrogen-bond donors (Lipinski definition) is 0. The maximum Gasteiger partial charge on any atom is 0.245 e. The summed E-state index contributed by atoms with van der Waals surface area (Å²) >= 11 is 0. The SMILES string of the molecule is C=CC(=O)N1CCCC(c2ccccn2)C1. The van der Waals surface area contributed by atoms with Crippen LogP contribution in [-0.2, 0) is 4.79 Å². The van der Waals surface area contributed by atoms with E-state index in [4.69, 9.17) is 0 Å². The molecule has 0 spiro atoms. The minimum Gasteiger partial charge on any atom is -0.339 e. The van der Waals surface area contributed by atoms with Crippen LogP contribution in [0, 0.1) is 0 Å². The number of likely N-dealkylation sites (tertiary alicyclic amines) is 1. The van der Waals surface area contributed by atoms with Crippen LogP contribution in [0.15, 0.2) is 37.1 Å². The molecule has 2 rings (SSSR count). The Balaban J connectivity index is 2.07. The van der Waals surface area contributed by atoms with Crippen molar-refractivity contribution in [2.45, 2.75) is 18.8 Å². The zero-order valence-corrected chi connectivity index (χ0v) is 9.30. The summed E-state index contributed by atoms with van der Waals surface area (Å²) in [4.78, 5) is 17.7. The van der Waals surface area contributed by atoms with Crippen molar-refractivity contribution < 1.29 is 4.79 Å². The van der Waals surface area contributed by atoms with E-state index in [1.54, 1.807) is 0 Å². The maximum atomic E-state index is 11.5. The lowest BCUT2D eigenvalue weighted by atomic mass is 9.94. The molecule has 0 aromatic carbocycles. The summed E-state index contributed by atoms with van der Waals surface area (Å²) in [5.74, 6) is 0.402. The number of piperidine rings is 1. The highest BCUT2D eigenvalue weighted by Gasteiger charge is 2.23. The lowest BCUT2D eigenvalue weighted by Gasteiger charge is -2.31. The van der Waals surface area contributed by atoms with Crippen molar-refractivity contribution in [3.8, 4) is 0 Å². The number of hydrogen-bond acceptors (Lipinski definition) is 2. The molecule has 1 aliphatic rings. The number of aromatic nitrogens is 1. The van der Waals surface area contributed by atoms with E-state index in [0.717, 1.165) is 31.6 Å². The highest BCUT2D eigenvalue weighted by atomic mass is 16.2. The third kappa shape index (κ3) is 2.30. The highest BCUT2D eigenvalue weighted by Crippen LogP contribution is 2.25. The summed E-state index contributed by atoms with van der Waals surface area (Å²) < 4.78 is 0. The maximum absolute atomic E-state index is 11.5. The largest absolute Gasteiger partial charge is 0.339 e. The quantitative estimate of drug-likeness (QED) is 0.708. The number of rotatable bonds is 2. The first-order chi connectivity index (χ1) is 7.81. The molecule has 1 amide bonds. The van der Waals surface area contributed by atoms with Crippen molar-refractivity contribution >= 4 is 5.91 Å². The lowest BCUT2D eigenvalue weighted by Crippen LogP contribution is -2.38. The number of carbonyl (C=O) groups is 1. The third-order valence-corrected chi connectivity index (χ3v) is 3.01. The van der Waals surface area contributed by atoms with E-state index in [1.165, 1.54) is 6.08 Å². The van der Waals surface area contributed by atoms with Crippen LogP contribution in [0.25, 0.3) is 0 Å². The van der Waals surface area contributed by atoms with Gasteiger partial charge in [0.2, 0.25) is 5.91 Å². The zero-order chi connectivity index (χ0) is 11.4. The van der Waals surface area contributed by atoms with Crippen molar-refractivity contribution in [3.05, 3.63) is 42.7 Å². The van der Waals surface area contributed by atoms with Gasteiger partial charge < -0.3 is 4.90 Å². The highest BCUT2D eigenvalue weighted by molar-refractivity contribution is 5.87. The minimum atomic E-state index is 0.0284. The fourth-order valence-corrected chi connectivity index (χ4v) is 2.17. The Labute approximate surface area is 95.8 Å². The average molecular weight is 216 g/mol. The van der Waals surface area contributed by atoms with E-state index >= 15 is 0 Å². The van der Waals surface area contributed by atoms with E-state index in [-0.39, 0.29) is 5.91 Å². The van der Waals surface area contributed by atoms with Crippen LogP contribution in [0.5, 0.6) is 0 Å². The summed E-state index contributed by atoms with van der Waals surface area (Å²) in [5.41, 5.74) is 1.09.